The molecule has 34 heavy (non-hydrogen) atoms. The number of nitrogens with zero attached hydrogens (tertiary/aromatic N) is 3. The topological polar surface area (TPSA) is 105 Å². The van der Waals surface area contributed by atoms with Gasteiger partial charge in [-0.05, 0) is 44.2 Å². The summed E-state index contributed by atoms with van der Waals surface area (Å²) in [6.45, 7) is 3.91. The van der Waals surface area contributed by atoms with Gasteiger partial charge in [-0.1, -0.05) is 30.3 Å². The van der Waals surface area contributed by atoms with E-state index in [9.17, 15) is 9.59 Å². The molecule has 4 aromatic rings. The second kappa shape index (κ2) is 10.5. The van der Waals surface area contributed by atoms with Crippen molar-refractivity contribution < 1.29 is 23.8 Å². The lowest BCUT2D eigenvalue weighted by Gasteiger charge is -2.13. The minimum absolute atomic E-state index is 0.111. The summed E-state index contributed by atoms with van der Waals surface area (Å²) in [6, 6.07) is 18.3. The van der Waals surface area contributed by atoms with Crippen LogP contribution in [0.25, 0.3) is 16.7 Å². The van der Waals surface area contributed by atoms with Crippen LogP contribution in [-0.4, -0.2) is 46.5 Å². The molecule has 2 aromatic heterocycles. The predicted octanol–water partition coefficient (Wildman–Crippen LogP) is 4.01. The fourth-order valence-electron chi connectivity index (χ4n) is 3.33. The molecule has 0 saturated heterocycles. The van der Waals surface area contributed by atoms with E-state index in [1.807, 2.05) is 43.3 Å². The molecule has 9 heteroatoms. The number of aromatic nitrogens is 3. The highest BCUT2D eigenvalue weighted by Gasteiger charge is 2.22. The first-order chi connectivity index (χ1) is 16.6. The molecule has 0 aliphatic rings. The van der Waals surface area contributed by atoms with Crippen LogP contribution in [0.1, 0.15) is 24.2 Å². The fraction of sp³-hybridized carbons (Fsp3) is 0.200. The first-order valence-corrected chi connectivity index (χ1v) is 10.9. The molecule has 0 aliphatic heterocycles. The van der Waals surface area contributed by atoms with E-state index in [4.69, 9.17) is 14.2 Å². The molecule has 0 unspecified atom stereocenters. The summed E-state index contributed by atoms with van der Waals surface area (Å²) in [6.07, 6.45) is 1.34. The molecule has 0 spiro atoms. The van der Waals surface area contributed by atoms with E-state index in [1.54, 1.807) is 31.2 Å². The fourth-order valence-corrected chi connectivity index (χ4v) is 3.33. The first-order valence-electron chi connectivity index (χ1n) is 10.9. The number of benzene rings is 2. The molecular weight excluding hydrogens is 436 g/mol. The van der Waals surface area contributed by atoms with Gasteiger partial charge in [0.1, 0.15) is 5.56 Å². The third-order valence-electron chi connectivity index (χ3n) is 4.83. The normalized spacial score (nSPS) is 10.6. The number of carbonyl (C=O) groups is 2. The highest BCUT2D eigenvalue weighted by molar-refractivity contribution is 6.01. The summed E-state index contributed by atoms with van der Waals surface area (Å²) in [7, 11) is 0. The summed E-state index contributed by atoms with van der Waals surface area (Å²) < 4.78 is 17.7. The van der Waals surface area contributed by atoms with Crippen molar-refractivity contribution in [1.82, 2.24) is 14.8 Å². The van der Waals surface area contributed by atoms with Crippen molar-refractivity contribution in [2.75, 3.05) is 25.1 Å². The average molecular weight is 460 g/mol. The lowest BCUT2D eigenvalue weighted by molar-refractivity contribution is -0.118. The summed E-state index contributed by atoms with van der Waals surface area (Å²) in [4.78, 5) is 29.9. The summed E-state index contributed by atoms with van der Waals surface area (Å²) in [5, 5.41) is 7.96. The number of pyridine rings is 1. The molecule has 4 rings (SSSR count). The molecule has 0 bridgehead atoms. The highest BCUT2D eigenvalue weighted by atomic mass is 16.5. The molecule has 0 atom stereocenters. The van der Waals surface area contributed by atoms with Crippen LogP contribution in [-0.2, 0) is 9.53 Å². The molecule has 0 aliphatic carbocycles. The molecule has 2 heterocycles. The van der Waals surface area contributed by atoms with Gasteiger partial charge < -0.3 is 19.5 Å². The Hall–Kier alpha value is -4.40. The van der Waals surface area contributed by atoms with Crippen LogP contribution in [0.5, 0.6) is 11.5 Å². The number of carbonyl (C=O) groups excluding carboxylic acids is 2. The predicted molar refractivity (Wildman–Crippen MR) is 127 cm³/mol. The van der Waals surface area contributed by atoms with Crippen LogP contribution in [0.15, 0.2) is 66.9 Å². The number of rotatable bonds is 9. The van der Waals surface area contributed by atoms with Crippen LogP contribution >= 0.6 is 0 Å². The van der Waals surface area contributed by atoms with Gasteiger partial charge in [0.15, 0.2) is 29.7 Å². The zero-order chi connectivity index (χ0) is 23.9. The van der Waals surface area contributed by atoms with E-state index in [-0.39, 0.29) is 24.6 Å². The van der Waals surface area contributed by atoms with Crippen molar-refractivity contribution in [3.63, 3.8) is 0 Å². The van der Waals surface area contributed by atoms with Crippen molar-refractivity contribution in [2.45, 2.75) is 13.8 Å². The molecule has 9 nitrogen and oxygen atoms in total. The maximum Gasteiger partial charge on any atom is 0.343 e. The van der Waals surface area contributed by atoms with E-state index in [0.717, 1.165) is 10.9 Å². The number of anilines is 1. The lowest BCUT2D eigenvalue weighted by Crippen LogP contribution is -2.23. The van der Waals surface area contributed by atoms with Gasteiger partial charge in [-0.25, -0.2) is 9.78 Å². The number of ether oxygens (including phenoxy) is 3. The van der Waals surface area contributed by atoms with Crippen LogP contribution in [0, 0.1) is 0 Å². The number of fused-ring (bicyclic) bond motifs is 1. The Morgan fingerprint density at radius 1 is 0.912 bits per heavy atom. The van der Waals surface area contributed by atoms with Gasteiger partial charge in [0.2, 0.25) is 0 Å². The van der Waals surface area contributed by atoms with E-state index >= 15 is 0 Å². The quantitative estimate of drug-likeness (QED) is 0.376. The van der Waals surface area contributed by atoms with Gasteiger partial charge in [-0.3, -0.25) is 4.79 Å². The molecule has 1 N–H and O–H groups in total. The van der Waals surface area contributed by atoms with E-state index < -0.39 is 11.9 Å². The zero-order valence-electron chi connectivity index (χ0n) is 18.9. The Bertz CT molecular complexity index is 1320. The van der Waals surface area contributed by atoms with Gasteiger partial charge in [0, 0.05) is 5.39 Å². The molecule has 174 valence electrons. The minimum atomic E-state index is -0.604. The zero-order valence-corrected chi connectivity index (χ0v) is 18.9. The van der Waals surface area contributed by atoms with Crippen molar-refractivity contribution in [1.29, 1.82) is 0 Å². The molecular formula is C25H24N4O5. The summed E-state index contributed by atoms with van der Waals surface area (Å²) >= 11 is 0. The van der Waals surface area contributed by atoms with E-state index in [0.29, 0.717) is 23.9 Å². The van der Waals surface area contributed by atoms with Crippen molar-refractivity contribution in [3.8, 4) is 17.3 Å². The maximum absolute atomic E-state index is 12.8. The highest BCUT2D eigenvalue weighted by Crippen LogP contribution is 2.27. The Labute approximate surface area is 196 Å². The van der Waals surface area contributed by atoms with Crippen LogP contribution in [0.2, 0.25) is 0 Å². The number of hydrogen-bond donors (Lipinski definition) is 1. The van der Waals surface area contributed by atoms with Crippen molar-refractivity contribution >= 4 is 28.6 Å². The first kappa shape index (κ1) is 22.8. The largest absolute Gasteiger partial charge is 0.490 e. The van der Waals surface area contributed by atoms with E-state index in [2.05, 4.69) is 15.4 Å². The number of para-hydroxylation sites is 3. The third kappa shape index (κ3) is 4.98. The number of amides is 1. The van der Waals surface area contributed by atoms with E-state index in [1.165, 1.54) is 10.9 Å². The number of esters is 1. The van der Waals surface area contributed by atoms with Crippen LogP contribution in [0.4, 0.5) is 5.82 Å². The molecule has 1 amide bonds. The smallest absolute Gasteiger partial charge is 0.343 e. The Balaban J connectivity index is 1.60. The van der Waals surface area contributed by atoms with Gasteiger partial charge in [0.25, 0.3) is 5.91 Å². The minimum Gasteiger partial charge on any atom is -0.490 e. The second-order valence-electron chi connectivity index (χ2n) is 7.12. The van der Waals surface area contributed by atoms with Crippen molar-refractivity contribution in [3.05, 3.63) is 72.4 Å². The maximum atomic E-state index is 12.8. The number of nitrogens with one attached hydrogen (secondary N) is 1. The van der Waals surface area contributed by atoms with Gasteiger partial charge in [-0.15, -0.1) is 0 Å². The summed E-state index contributed by atoms with van der Waals surface area (Å²) in [5.74, 6) is 0.470. The van der Waals surface area contributed by atoms with Crippen LogP contribution in [0.3, 0.4) is 0 Å². The van der Waals surface area contributed by atoms with Gasteiger partial charge >= 0.3 is 5.97 Å². The molecule has 0 fully saturated rings. The van der Waals surface area contributed by atoms with Gasteiger partial charge in [-0.2, -0.15) is 9.78 Å². The molecule has 0 saturated carbocycles. The monoisotopic (exact) mass is 460 g/mol. The molecule has 2 aromatic carbocycles. The van der Waals surface area contributed by atoms with Crippen LogP contribution < -0.4 is 14.8 Å². The average Bonchev–Trinajstić information content (AvgIpc) is 3.27. The standard InChI is InChI=1S/C25H24N4O5/c1-3-32-20-11-7-8-12-21(20)34-16-23(30)28-24-18(25(31)33-4-2)15-26-29(24)22-14-13-17-9-5-6-10-19(17)27-22/h5-15H,3-4,16H2,1-2H3,(H,28,30). The lowest BCUT2D eigenvalue weighted by atomic mass is 10.2. The Morgan fingerprint density at radius 3 is 2.41 bits per heavy atom. The Kier molecular flexibility index (Phi) is 7.02. The second-order valence-corrected chi connectivity index (χ2v) is 7.12. The van der Waals surface area contributed by atoms with Crippen molar-refractivity contribution in [2.24, 2.45) is 0 Å². The Morgan fingerprint density at radius 2 is 1.65 bits per heavy atom. The number of hydrogen-bond acceptors (Lipinski definition) is 7. The SMILES string of the molecule is CCOC(=O)c1cnn(-c2ccc3ccccc3n2)c1NC(=O)COc1ccccc1OCC. The van der Waals surface area contributed by atoms with Gasteiger partial charge in [0.05, 0.1) is 24.9 Å². The molecule has 0 radical (unpaired) electrons. The third-order valence-corrected chi connectivity index (χ3v) is 4.83. The summed E-state index contributed by atoms with van der Waals surface area (Å²) in [5.41, 5.74) is 0.862.